The predicted molar refractivity (Wildman–Crippen MR) is 254 cm³/mol. The number of amides is 1. The monoisotopic (exact) mass is 982 g/mol. The Morgan fingerprint density at radius 1 is 0.794 bits per heavy atom. The van der Waals surface area contributed by atoms with Crippen molar-refractivity contribution in [2.45, 2.75) is 149 Å². The fraction of sp³-hybridized carbons (Fsp3) is 0.775. The molecular formula is C40H88BrN9O13. The van der Waals surface area contributed by atoms with Crippen LogP contribution in [0.3, 0.4) is 0 Å². The van der Waals surface area contributed by atoms with Crippen LogP contribution in [0.1, 0.15) is 131 Å². The first kappa shape index (κ1) is 76.3. The Hall–Kier alpha value is -3.97. The van der Waals surface area contributed by atoms with Gasteiger partial charge in [-0.15, -0.1) is 4.99 Å². The van der Waals surface area contributed by atoms with Gasteiger partial charge in [-0.3, -0.25) is 15.0 Å². The number of nitrogens with one attached hydrogen (secondary N) is 1. The van der Waals surface area contributed by atoms with E-state index in [9.17, 15) is 19.2 Å². The summed E-state index contributed by atoms with van der Waals surface area (Å²) in [4.78, 5) is 51.3. The third-order valence-corrected chi connectivity index (χ3v) is 6.00. The minimum absolute atomic E-state index is 0. The molecule has 0 spiro atoms. The summed E-state index contributed by atoms with van der Waals surface area (Å²) in [6, 6.07) is 0. The first-order valence-electron chi connectivity index (χ1n) is 18.5. The van der Waals surface area contributed by atoms with E-state index in [1.54, 1.807) is 41.5 Å². The van der Waals surface area contributed by atoms with Gasteiger partial charge in [0, 0.05) is 60.1 Å². The van der Waals surface area contributed by atoms with E-state index in [0.29, 0.717) is 32.1 Å². The number of anilines is 1. The van der Waals surface area contributed by atoms with Gasteiger partial charge in [-0.25, -0.2) is 19.1 Å². The van der Waals surface area contributed by atoms with E-state index in [0.717, 1.165) is 17.8 Å². The summed E-state index contributed by atoms with van der Waals surface area (Å²) in [7, 11) is 2.85. The maximum Gasteiger partial charge on any atom is 0.437 e. The van der Waals surface area contributed by atoms with Crippen LogP contribution in [0.15, 0.2) is 11.2 Å². The fourth-order valence-corrected chi connectivity index (χ4v) is 3.70. The van der Waals surface area contributed by atoms with Crippen molar-refractivity contribution < 1.29 is 61.8 Å². The number of imidazole rings is 1. The summed E-state index contributed by atoms with van der Waals surface area (Å²) in [5.41, 5.74) is 23.8. The van der Waals surface area contributed by atoms with Gasteiger partial charge in [0.2, 0.25) is 24.8 Å². The fourth-order valence-electron chi connectivity index (χ4n) is 3.43. The number of alkyl halides is 1. The van der Waals surface area contributed by atoms with Crippen molar-refractivity contribution in [3.05, 3.63) is 11.9 Å². The molecule has 0 aromatic carbocycles. The molecule has 1 aliphatic rings. The standard InChI is InChI=1S/C13H23N3O4.C7H13BrO3.C6H13N3O2.C5H10O3.C4H8O.CH5N3.4CH4/c1-6-18-10(19-7-2)9-8-16(11(14)15-9)12(17)20-13(3,4)5;1-3-10-7(11-4-2)6(9)5-8;1-6(2,3)11-5(10)9-4(7)8;1-4(6)5(7-2)8-3;1-2-4-5-3-1;2-1(3)4;;;;/h8,10H,6-7H2,1-5H3,(H2,14,15);7H,3-5H2,1-2H3;1-3H3,(H4,7,8,9,10);5H,1-3H3;1-4H2;(H5,2,3,4);4*1H4. The van der Waals surface area contributed by atoms with Crippen molar-refractivity contribution in [3.63, 3.8) is 0 Å². The molecule has 2 heterocycles. The zero-order valence-corrected chi connectivity index (χ0v) is 38.7. The molecule has 1 fully saturated rings. The molecule has 1 aromatic heterocycles. The van der Waals surface area contributed by atoms with E-state index in [2.05, 4.69) is 46.8 Å². The molecule has 1 saturated heterocycles. The molecular weight excluding hydrogens is 894 g/mol. The number of Topliss-reactive ketones (excluding diaryl/α,β-unsaturated/α-hetero) is 2. The second kappa shape index (κ2) is 44.6. The number of rotatable bonds is 14. The number of nitrogens with zero attached hydrogens (tertiary/aromatic N) is 3. The van der Waals surface area contributed by atoms with Gasteiger partial charge in [0.05, 0.1) is 5.33 Å². The summed E-state index contributed by atoms with van der Waals surface area (Å²) in [5, 5.41) is 6.33. The lowest BCUT2D eigenvalue weighted by atomic mass is 10.2. The first-order valence-corrected chi connectivity index (χ1v) is 19.6. The molecule has 1 aliphatic heterocycles. The highest BCUT2D eigenvalue weighted by Crippen LogP contribution is 2.20. The smallest absolute Gasteiger partial charge is 0.437 e. The van der Waals surface area contributed by atoms with Gasteiger partial charge < -0.3 is 71.3 Å². The zero-order chi connectivity index (χ0) is 46.8. The van der Waals surface area contributed by atoms with E-state index in [4.69, 9.17) is 55.8 Å². The number of carbonyl (C=O) groups excluding carboxylic acids is 4. The number of ether oxygens (including phenoxy) is 9. The Kier molecular flexibility index (Phi) is 54.1. The Bertz CT molecular complexity index is 1310. The van der Waals surface area contributed by atoms with E-state index >= 15 is 0 Å². The number of aliphatic imine (C=N–C) groups is 1. The van der Waals surface area contributed by atoms with E-state index in [1.165, 1.54) is 40.2 Å². The van der Waals surface area contributed by atoms with Crippen molar-refractivity contribution in [1.29, 1.82) is 5.41 Å². The van der Waals surface area contributed by atoms with Crippen LogP contribution in [-0.2, 0) is 52.2 Å². The maximum absolute atomic E-state index is 12.0. The molecule has 0 aliphatic carbocycles. The third-order valence-electron chi connectivity index (χ3n) is 5.45. The molecule has 11 N–H and O–H groups in total. The highest BCUT2D eigenvalue weighted by Gasteiger charge is 2.24. The lowest BCUT2D eigenvalue weighted by Crippen LogP contribution is -2.28. The Morgan fingerprint density at radius 3 is 1.44 bits per heavy atom. The number of ketones is 2. The normalized spacial score (nSPS) is 11.0. The molecule has 0 radical (unpaired) electrons. The van der Waals surface area contributed by atoms with Crippen molar-refractivity contribution in [2.75, 3.05) is 64.9 Å². The molecule has 1 amide bonds. The molecule has 0 unspecified atom stereocenters. The molecule has 0 bridgehead atoms. The number of carbonyl (C=O) groups is 4. The van der Waals surface area contributed by atoms with Crippen LogP contribution >= 0.6 is 15.9 Å². The van der Waals surface area contributed by atoms with Crippen molar-refractivity contribution in [3.8, 4) is 0 Å². The lowest BCUT2D eigenvalue weighted by Gasteiger charge is -2.19. The predicted octanol–water partition coefficient (Wildman–Crippen LogP) is 6.24. The minimum Gasteiger partial charge on any atom is -0.443 e. The maximum atomic E-state index is 12.0. The van der Waals surface area contributed by atoms with Gasteiger partial charge in [-0.1, -0.05) is 45.6 Å². The van der Waals surface area contributed by atoms with Gasteiger partial charge in [0.25, 0.3) is 0 Å². The first-order chi connectivity index (χ1) is 27.3. The minimum atomic E-state index is -0.766. The van der Waals surface area contributed by atoms with Gasteiger partial charge in [-0.2, -0.15) is 0 Å². The number of halogens is 1. The van der Waals surface area contributed by atoms with Crippen LogP contribution in [-0.4, -0.2) is 128 Å². The van der Waals surface area contributed by atoms with Crippen LogP contribution in [0.5, 0.6) is 0 Å². The Balaban J connectivity index is -0.000000102. The van der Waals surface area contributed by atoms with Crippen molar-refractivity contribution in [2.24, 2.45) is 27.9 Å². The van der Waals surface area contributed by atoms with E-state index < -0.39 is 42.3 Å². The molecule has 1 aromatic rings. The van der Waals surface area contributed by atoms with Gasteiger partial charge in [0.15, 0.2) is 23.5 Å². The SMILES string of the molecule is C.C.C.C.C1CCOC1.CC(C)(C)OC(=O)N=C(N)N.CCOC(OCC)C(=O)CBr.CCOC(OCC)c1cn(C(=O)OC(C)(C)C)c(N)n1.COC(OC)C(C)=O.N=C(N)N. The molecule has 63 heavy (non-hydrogen) atoms. The highest BCUT2D eigenvalue weighted by molar-refractivity contribution is 9.09. The second-order valence-corrected chi connectivity index (χ2v) is 13.7. The van der Waals surface area contributed by atoms with Crippen molar-refractivity contribution >= 4 is 57.6 Å². The summed E-state index contributed by atoms with van der Waals surface area (Å²) >= 11 is 3.05. The average Bonchev–Trinajstić information content (AvgIpc) is 3.81. The highest BCUT2D eigenvalue weighted by atomic mass is 79.9. The Morgan fingerprint density at radius 2 is 1.19 bits per heavy atom. The number of aromatic nitrogens is 2. The summed E-state index contributed by atoms with van der Waals surface area (Å²) in [6.07, 6.45) is 0.660. The number of nitrogens with two attached hydrogens (primary N) is 5. The van der Waals surface area contributed by atoms with Gasteiger partial charge in [0.1, 0.15) is 16.9 Å². The number of guanidine groups is 2. The van der Waals surface area contributed by atoms with E-state index in [1.807, 2.05) is 27.7 Å². The molecule has 378 valence electrons. The molecule has 0 saturated carbocycles. The molecule has 0 atom stereocenters. The summed E-state index contributed by atoms with van der Waals surface area (Å²) in [5.74, 6) is -0.776. The molecule has 22 nitrogen and oxygen atoms in total. The number of methoxy groups -OCH3 is 2. The lowest BCUT2D eigenvalue weighted by molar-refractivity contribution is -0.165. The number of hydrogen-bond acceptors (Lipinski definition) is 16. The Labute approximate surface area is 386 Å². The average molecular weight is 983 g/mol. The van der Waals surface area contributed by atoms with Crippen LogP contribution in [0.4, 0.5) is 15.5 Å². The zero-order valence-electron chi connectivity index (χ0n) is 37.1. The molecule has 2 rings (SSSR count). The van der Waals surface area contributed by atoms with Crippen molar-refractivity contribution in [1.82, 2.24) is 9.55 Å². The van der Waals surface area contributed by atoms with Crippen LogP contribution in [0.25, 0.3) is 0 Å². The van der Waals surface area contributed by atoms with Crippen LogP contribution < -0.4 is 28.7 Å². The van der Waals surface area contributed by atoms with E-state index in [-0.39, 0.29) is 64.5 Å². The quantitative estimate of drug-likeness (QED) is 0.0520. The summed E-state index contributed by atoms with van der Waals surface area (Å²) < 4.78 is 46.2. The van der Waals surface area contributed by atoms with Crippen LogP contribution in [0.2, 0.25) is 0 Å². The second-order valence-electron chi connectivity index (χ2n) is 13.2. The number of nitrogen functional groups attached to an aromatic ring is 1. The number of hydrogen-bond donors (Lipinski definition) is 6. The molecule has 23 heteroatoms. The van der Waals surface area contributed by atoms with Gasteiger partial charge in [-0.05, 0) is 89.0 Å². The largest absolute Gasteiger partial charge is 0.443 e. The third kappa shape index (κ3) is 48.9. The van der Waals surface area contributed by atoms with Gasteiger partial charge >= 0.3 is 12.2 Å². The summed E-state index contributed by atoms with van der Waals surface area (Å²) in [6.45, 7) is 23.2. The van der Waals surface area contributed by atoms with Crippen LogP contribution in [0, 0.1) is 5.41 Å². The topological polar surface area (TPSA) is 335 Å².